The van der Waals surface area contributed by atoms with Crippen LogP contribution in [0.15, 0.2) is 24.3 Å². The molecule has 1 N–H and O–H groups in total. The first kappa shape index (κ1) is 16.0. The van der Waals surface area contributed by atoms with Gasteiger partial charge in [0.05, 0.1) is 6.04 Å². The fraction of sp³-hybridized carbons (Fsp3) is 0.611. The molecule has 116 valence electrons. The first-order valence-corrected chi connectivity index (χ1v) is 8.31. The molecule has 0 spiro atoms. The summed E-state index contributed by atoms with van der Waals surface area (Å²) in [6.45, 7) is 7.32. The zero-order valence-corrected chi connectivity index (χ0v) is 13.6. The minimum Gasteiger partial charge on any atom is -0.322 e. The van der Waals surface area contributed by atoms with Crippen molar-refractivity contribution in [1.29, 1.82) is 0 Å². The van der Waals surface area contributed by atoms with Gasteiger partial charge in [-0.1, -0.05) is 57.4 Å². The fourth-order valence-corrected chi connectivity index (χ4v) is 3.10. The van der Waals surface area contributed by atoms with Crippen molar-refractivity contribution < 1.29 is 4.79 Å². The van der Waals surface area contributed by atoms with E-state index >= 15 is 0 Å². The predicted octanol–water partition coefficient (Wildman–Crippen LogP) is 3.78. The Labute approximate surface area is 128 Å². The molecule has 2 atom stereocenters. The minimum atomic E-state index is -0.0127. The van der Waals surface area contributed by atoms with E-state index < -0.39 is 0 Å². The molecule has 1 heterocycles. The van der Waals surface area contributed by atoms with Crippen molar-refractivity contribution in [1.82, 2.24) is 10.2 Å². The molecule has 1 aliphatic rings. The molecule has 0 aliphatic carbocycles. The number of carbonyl (C=O) groups excluding carboxylic acids is 1. The van der Waals surface area contributed by atoms with Crippen molar-refractivity contribution in [2.45, 2.75) is 65.1 Å². The van der Waals surface area contributed by atoms with Gasteiger partial charge in [-0.25, -0.2) is 0 Å². The SMILES string of the molecule is CCCCCN1C(=O)C(CCC)NC1c1ccccc1C. The summed E-state index contributed by atoms with van der Waals surface area (Å²) in [5.74, 6) is 0.279. The van der Waals surface area contributed by atoms with Crippen LogP contribution in [0.3, 0.4) is 0 Å². The second-order valence-corrected chi connectivity index (χ2v) is 6.01. The van der Waals surface area contributed by atoms with Gasteiger partial charge in [0.15, 0.2) is 0 Å². The molecule has 1 aromatic rings. The van der Waals surface area contributed by atoms with E-state index in [0.29, 0.717) is 0 Å². The molecule has 0 radical (unpaired) electrons. The summed E-state index contributed by atoms with van der Waals surface area (Å²) in [7, 11) is 0. The maximum atomic E-state index is 12.6. The zero-order chi connectivity index (χ0) is 15.2. The van der Waals surface area contributed by atoms with E-state index in [-0.39, 0.29) is 18.1 Å². The molecule has 0 bridgehead atoms. The van der Waals surface area contributed by atoms with Crippen molar-refractivity contribution in [3.05, 3.63) is 35.4 Å². The van der Waals surface area contributed by atoms with Gasteiger partial charge in [0.1, 0.15) is 6.17 Å². The second kappa shape index (κ2) is 7.60. The summed E-state index contributed by atoms with van der Waals surface area (Å²) < 4.78 is 0. The molecule has 1 aliphatic heterocycles. The van der Waals surface area contributed by atoms with Gasteiger partial charge >= 0.3 is 0 Å². The molecule has 3 nitrogen and oxygen atoms in total. The van der Waals surface area contributed by atoms with Crippen LogP contribution in [-0.4, -0.2) is 23.4 Å². The summed E-state index contributed by atoms with van der Waals surface area (Å²) in [5.41, 5.74) is 2.49. The Balaban J connectivity index is 2.19. The number of aryl methyl sites for hydroxylation is 1. The fourth-order valence-electron chi connectivity index (χ4n) is 3.10. The Morgan fingerprint density at radius 2 is 1.90 bits per heavy atom. The van der Waals surface area contributed by atoms with Crippen LogP contribution in [0.5, 0.6) is 0 Å². The van der Waals surface area contributed by atoms with Gasteiger partial charge in [-0.15, -0.1) is 0 Å². The van der Waals surface area contributed by atoms with Crippen LogP contribution < -0.4 is 5.32 Å². The number of amides is 1. The molecule has 0 saturated carbocycles. The third-order valence-corrected chi connectivity index (χ3v) is 4.31. The number of unbranched alkanes of at least 4 members (excludes halogenated alkanes) is 2. The van der Waals surface area contributed by atoms with Crippen molar-refractivity contribution in [2.75, 3.05) is 6.54 Å². The van der Waals surface area contributed by atoms with Gasteiger partial charge in [-0.2, -0.15) is 0 Å². The lowest BCUT2D eigenvalue weighted by Crippen LogP contribution is -2.32. The lowest BCUT2D eigenvalue weighted by Gasteiger charge is -2.25. The van der Waals surface area contributed by atoms with Crippen LogP contribution in [0.2, 0.25) is 0 Å². The summed E-state index contributed by atoms with van der Waals surface area (Å²) in [6, 6.07) is 8.37. The predicted molar refractivity (Wildman–Crippen MR) is 87.0 cm³/mol. The average molecular weight is 288 g/mol. The third-order valence-electron chi connectivity index (χ3n) is 4.31. The first-order chi connectivity index (χ1) is 10.2. The van der Waals surface area contributed by atoms with Gasteiger partial charge in [0.2, 0.25) is 5.91 Å². The van der Waals surface area contributed by atoms with Crippen LogP contribution in [0.25, 0.3) is 0 Å². The quantitative estimate of drug-likeness (QED) is 0.774. The van der Waals surface area contributed by atoms with Gasteiger partial charge in [0.25, 0.3) is 0 Å². The standard InChI is InChI=1S/C18H28N2O/c1-4-6-9-13-20-17(15-12-8-7-11-14(15)3)19-16(10-5-2)18(20)21/h7-8,11-12,16-17,19H,4-6,9-10,13H2,1-3H3. The van der Waals surface area contributed by atoms with Crippen molar-refractivity contribution in [2.24, 2.45) is 0 Å². The maximum absolute atomic E-state index is 12.6. The highest BCUT2D eigenvalue weighted by molar-refractivity contribution is 5.84. The third kappa shape index (κ3) is 3.65. The molecule has 1 aromatic carbocycles. The molecule has 2 unspecified atom stereocenters. The van der Waals surface area contributed by atoms with E-state index in [1.165, 1.54) is 24.0 Å². The Hall–Kier alpha value is -1.35. The van der Waals surface area contributed by atoms with Crippen molar-refractivity contribution >= 4 is 5.91 Å². The van der Waals surface area contributed by atoms with Gasteiger partial charge in [-0.05, 0) is 30.9 Å². The largest absolute Gasteiger partial charge is 0.322 e. The summed E-state index contributed by atoms with van der Waals surface area (Å²) in [6.07, 6.45) is 5.46. The Kier molecular flexibility index (Phi) is 5.80. The van der Waals surface area contributed by atoms with Crippen molar-refractivity contribution in [3.63, 3.8) is 0 Å². The number of nitrogens with one attached hydrogen (secondary N) is 1. The maximum Gasteiger partial charge on any atom is 0.241 e. The van der Waals surface area contributed by atoms with Gasteiger partial charge in [0, 0.05) is 6.54 Å². The highest BCUT2D eigenvalue weighted by Crippen LogP contribution is 2.29. The Morgan fingerprint density at radius 3 is 2.57 bits per heavy atom. The second-order valence-electron chi connectivity index (χ2n) is 6.01. The minimum absolute atomic E-state index is 0.0127. The molecule has 1 fully saturated rings. The van der Waals surface area contributed by atoms with E-state index in [1.807, 2.05) is 0 Å². The first-order valence-electron chi connectivity index (χ1n) is 8.31. The molecule has 2 rings (SSSR count). The molecule has 3 heteroatoms. The van der Waals surface area contributed by atoms with Crippen LogP contribution in [0.1, 0.15) is 63.2 Å². The number of benzene rings is 1. The van der Waals surface area contributed by atoms with E-state index in [1.54, 1.807) is 0 Å². The molecule has 1 saturated heterocycles. The topological polar surface area (TPSA) is 32.3 Å². The summed E-state index contributed by atoms with van der Waals surface area (Å²) in [5, 5.41) is 3.55. The lowest BCUT2D eigenvalue weighted by molar-refractivity contribution is -0.130. The molecular weight excluding hydrogens is 260 g/mol. The number of hydrogen-bond acceptors (Lipinski definition) is 2. The Bertz CT molecular complexity index is 472. The lowest BCUT2D eigenvalue weighted by atomic mass is 10.1. The summed E-state index contributed by atoms with van der Waals surface area (Å²) >= 11 is 0. The van der Waals surface area contributed by atoms with Gasteiger partial charge < -0.3 is 4.90 Å². The zero-order valence-electron chi connectivity index (χ0n) is 13.6. The average Bonchev–Trinajstić information content (AvgIpc) is 2.78. The number of rotatable bonds is 7. The Morgan fingerprint density at radius 1 is 1.14 bits per heavy atom. The molecule has 1 amide bonds. The molecule has 0 aromatic heterocycles. The molecule has 21 heavy (non-hydrogen) atoms. The molecular formula is C18H28N2O. The highest BCUT2D eigenvalue weighted by atomic mass is 16.2. The van der Waals surface area contributed by atoms with E-state index in [0.717, 1.165) is 25.8 Å². The van der Waals surface area contributed by atoms with Crippen molar-refractivity contribution in [3.8, 4) is 0 Å². The van der Waals surface area contributed by atoms with Crippen LogP contribution >= 0.6 is 0 Å². The van der Waals surface area contributed by atoms with Gasteiger partial charge in [-0.3, -0.25) is 10.1 Å². The summed E-state index contributed by atoms with van der Waals surface area (Å²) in [4.78, 5) is 14.7. The van der Waals surface area contributed by atoms with E-state index in [9.17, 15) is 4.79 Å². The van der Waals surface area contributed by atoms with Crippen LogP contribution in [0.4, 0.5) is 0 Å². The number of hydrogen-bond donors (Lipinski definition) is 1. The van der Waals surface area contributed by atoms with E-state index in [4.69, 9.17) is 0 Å². The normalized spacial score (nSPS) is 22.0. The van der Waals surface area contributed by atoms with Crippen LogP contribution in [0, 0.1) is 6.92 Å². The number of carbonyl (C=O) groups is 1. The van der Waals surface area contributed by atoms with Crippen LogP contribution in [-0.2, 0) is 4.79 Å². The monoisotopic (exact) mass is 288 g/mol. The van der Waals surface area contributed by atoms with E-state index in [2.05, 4.69) is 55.3 Å². The highest BCUT2D eigenvalue weighted by Gasteiger charge is 2.38. The number of nitrogens with zero attached hydrogens (tertiary/aromatic N) is 1. The smallest absolute Gasteiger partial charge is 0.241 e.